The molecule has 0 aromatic carbocycles. The Labute approximate surface area is 104 Å². The summed E-state index contributed by atoms with van der Waals surface area (Å²) in [5, 5.41) is 7.57. The number of anilines is 1. The van der Waals surface area contributed by atoms with E-state index in [4.69, 9.17) is 4.52 Å². The van der Waals surface area contributed by atoms with Crippen molar-refractivity contribution >= 4 is 16.7 Å². The molecule has 17 heavy (non-hydrogen) atoms. The Morgan fingerprint density at radius 2 is 2.24 bits per heavy atom. The second-order valence-electron chi connectivity index (χ2n) is 4.68. The molecule has 2 aromatic heterocycles. The van der Waals surface area contributed by atoms with Crippen LogP contribution in [0.5, 0.6) is 0 Å². The molecule has 0 atom stereocenters. The fraction of sp³-hybridized carbons (Fsp3) is 0.600. The molecular formula is C10H15N5OS. The summed E-state index contributed by atoms with van der Waals surface area (Å²) < 4.78 is 9.22. The van der Waals surface area contributed by atoms with Crippen LogP contribution in [0.15, 0.2) is 10.9 Å². The molecule has 0 aliphatic heterocycles. The summed E-state index contributed by atoms with van der Waals surface area (Å²) in [4.78, 5) is 8.37. The summed E-state index contributed by atoms with van der Waals surface area (Å²) in [6.45, 7) is 6.99. The largest absolute Gasteiger partial charge is 0.360 e. The molecule has 0 amide bonds. The minimum atomic E-state index is -0.0110. The summed E-state index contributed by atoms with van der Waals surface area (Å²) in [5.74, 6) is 1.49. The van der Waals surface area contributed by atoms with Crippen molar-refractivity contribution in [3.8, 4) is 0 Å². The molecule has 0 unspecified atom stereocenters. The number of hydrogen-bond donors (Lipinski definition) is 1. The van der Waals surface area contributed by atoms with Crippen molar-refractivity contribution in [1.82, 2.24) is 19.5 Å². The minimum Gasteiger partial charge on any atom is -0.360 e. The van der Waals surface area contributed by atoms with Crippen molar-refractivity contribution in [1.29, 1.82) is 0 Å². The predicted octanol–water partition coefficient (Wildman–Crippen LogP) is 1.87. The normalized spacial score (nSPS) is 11.7. The molecule has 0 saturated heterocycles. The number of rotatable bonds is 4. The first-order valence-electron chi connectivity index (χ1n) is 5.39. The van der Waals surface area contributed by atoms with E-state index in [1.54, 1.807) is 0 Å². The molecule has 7 heteroatoms. The van der Waals surface area contributed by atoms with Gasteiger partial charge in [0.25, 0.3) is 0 Å². The van der Waals surface area contributed by atoms with Gasteiger partial charge in [-0.25, -0.2) is 4.98 Å². The van der Waals surface area contributed by atoms with Gasteiger partial charge < -0.3 is 9.84 Å². The number of nitrogens with zero attached hydrogens (tertiary/aromatic N) is 4. The molecule has 0 radical (unpaired) electrons. The molecule has 2 aromatic rings. The maximum absolute atomic E-state index is 4.90. The van der Waals surface area contributed by atoms with Gasteiger partial charge in [-0.1, -0.05) is 25.9 Å². The second kappa shape index (κ2) is 4.79. The molecule has 0 spiro atoms. The molecule has 0 bridgehead atoms. The monoisotopic (exact) mass is 253 g/mol. The highest BCUT2D eigenvalue weighted by molar-refractivity contribution is 7.09. The van der Waals surface area contributed by atoms with Crippen molar-refractivity contribution in [3.63, 3.8) is 0 Å². The van der Waals surface area contributed by atoms with E-state index in [-0.39, 0.29) is 5.41 Å². The van der Waals surface area contributed by atoms with Gasteiger partial charge in [-0.05, 0) is 0 Å². The van der Waals surface area contributed by atoms with Crippen LogP contribution < -0.4 is 5.32 Å². The zero-order valence-electron chi connectivity index (χ0n) is 10.1. The number of aromatic nitrogens is 4. The average Bonchev–Trinajstić information content (AvgIpc) is 2.86. The van der Waals surface area contributed by atoms with Crippen molar-refractivity contribution in [3.05, 3.63) is 18.0 Å². The fourth-order valence-corrected chi connectivity index (χ4v) is 1.96. The van der Waals surface area contributed by atoms with Gasteiger partial charge in [0.1, 0.15) is 5.82 Å². The van der Waals surface area contributed by atoms with Gasteiger partial charge in [0.05, 0.1) is 0 Å². The van der Waals surface area contributed by atoms with Crippen LogP contribution in [0, 0.1) is 0 Å². The predicted molar refractivity (Wildman–Crippen MR) is 65.1 cm³/mol. The lowest BCUT2D eigenvalue weighted by atomic mass is 9.96. The van der Waals surface area contributed by atoms with Crippen LogP contribution >= 0.6 is 11.5 Å². The van der Waals surface area contributed by atoms with Gasteiger partial charge in [0, 0.05) is 29.9 Å². The molecule has 2 heterocycles. The van der Waals surface area contributed by atoms with Crippen LogP contribution in [0.1, 0.15) is 32.5 Å². The van der Waals surface area contributed by atoms with Crippen LogP contribution in [0.2, 0.25) is 0 Å². The van der Waals surface area contributed by atoms with Gasteiger partial charge >= 0.3 is 0 Å². The third kappa shape index (κ3) is 3.23. The Hall–Kier alpha value is -1.50. The Kier molecular flexibility index (Phi) is 3.37. The van der Waals surface area contributed by atoms with Gasteiger partial charge in [0.15, 0.2) is 6.33 Å². The molecule has 0 saturated carbocycles. The smallest absolute Gasteiger partial charge is 0.228 e. The molecule has 92 valence electrons. The van der Waals surface area contributed by atoms with Crippen molar-refractivity contribution < 1.29 is 4.52 Å². The van der Waals surface area contributed by atoms with E-state index in [0.29, 0.717) is 18.9 Å². The zero-order chi connectivity index (χ0) is 12.3. The Bertz CT molecular complexity index is 459. The fourth-order valence-electron chi connectivity index (χ4n) is 1.18. The number of nitrogens with one attached hydrogen (secondary N) is 1. The molecule has 2 rings (SSSR count). The van der Waals surface area contributed by atoms with Gasteiger partial charge in [-0.3, -0.25) is 0 Å². The Morgan fingerprint density at radius 3 is 2.82 bits per heavy atom. The third-order valence-corrected chi connectivity index (χ3v) is 2.79. The van der Waals surface area contributed by atoms with Gasteiger partial charge in [-0.2, -0.15) is 9.36 Å². The summed E-state index contributed by atoms with van der Waals surface area (Å²) in [7, 11) is 0. The van der Waals surface area contributed by atoms with E-state index in [0.717, 1.165) is 11.0 Å². The second-order valence-corrected chi connectivity index (χ2v) is 5.44. The first-order valence-corrected chi connectivity index (χ1v) is 6.16. The lowest BCUT2D eigenvalue weighted by molar-refractivity contribution is 0.380. The highest BCUT2D eigenvalue weighted by atomic mass is 32.1. The SMILES string of the molecule is CC(C)(C)c1nsc(NCCc2ncno2)n1. The Balaban J connectivity index is 1.85. The third-order valence-electron chi connectivity index (χ3n) is 2.12. The molecule has 0 aliphatic rings. The van der Waals surface area contributed by atoms with Crippen molar-refractivity contribution in [2.75, 3.05) is 11.9 Å². The van der Waals surface area contributed by atoms with Crippen LogP contribution in [0.25, 0.3) is 0 Å². The summed E-state index contributed by atoms with van der Waals surface area (Å²) in [6.07, 6.45) is 2.09. The summed E-state index contributed by atoms with van der Waals surface area (Å²) >= 11 is 1.37. The van der Waals surface area contributed by atoms with Crippen LogP contribution in [0.3, 0.4) is 0 Å². The first kappa shape index (κ1) is 12.0. The highest BCUT2D eigenvalue weighted by Gasteiger charge is 2.19. The zero-order valence-corrected chi connectivity index (χ0v) is 10.9. The quantitative estimate of drug-likeness (QED) is 0.896. The van der Waals surface area contributed by atoms with Crippen LogP contribution in [0.4, 0.5) is 5.13 Å². The average molecular weight is 253 g/mol. The molecule has 1 N–H and O–H groups in total. The molecule has 0 aliphatic carbocycles. The maximum Gasteiger partial charge on any atom is 0.228 e. The van der Waals surface area contributed by atoms with E-state index in [1.165, 1.54) is 17.9 Å². The molecular weight excluding hydrogens is 238 g/mol. The minimum absolute atomic E-state index is 0.0110. The van der Waals surface area contributed by atoms with Gasteiger partial charge in [0.2, 0.25) is 11.0 Å². The van der Waals surface area contributed by atoms with Crippen molar-refractivity contribution in [2.45, 2.75) is 32.6 Å². The first-order chi connectivity index (χ1) is 8.05. The Morgan fingerprint density at radius 1 is 1.41 bits per heavy atom. The lowest BCUT2D eigenvalue weighted by Gasteiger charge is -2.12. The lowest BCUT2D eigenvalue weighted by Crippen LogP contribution is -2.13. The van der Waals surface area contributed by atoms with E-state index < -0.39 is 0 Å². The maximum atomic E-state index is 4.90. The van der Waals surface area contributed by atoms with E-state index >= 15 is 0 Å². The standard InChI is InChI=1S/C10H15N5OS/c1-10(2,3)8-14-9(17-15-8)11-5-4-7-12-6-13-16-7/h6H,4-5H2,1-3H3,(H,11,14,15). The van der Waals surface area contributed by atoms with E-state index in [1.807, 2.05) is 0 Å². The number of hydrogen-bond acceptors (Lipinski definition) is 7. The van der Waals surface area contributed by atoms with Crippen LogP contribution in [-0.2, 0) is 11.8 Å². The van der Waals surface area contributed by atoms with Gasteiger partial charge in [-0.15, -0.1) is 0 Å². The van der Waals surface area contributed by atoms with Crippen molar-refractivity contribution in [2.24, 2.45) is 0 Å². The summed E-state index contributed by atoms with van der Waals surface area (Å²) in [5.41, 5.74) is -0.0110. The highest BCUT2D eigenvalue weighted by Crippen LogP contribution is 2.22. The topological polar surface area (TPSA) is 76.7 Å². The van der Waals surface area contributed by atoms with E-state index in [9.17, 15) is 0 Å². The summed E-state index contributed by atoms with van der Waals surface area (Å²) in [6, 6.07) is 0. The molecule has 0 fully saturated rings. The molecule has 6 nitrogen and oxygen atoms in total. The van der Waals surface area contributed by atoms with E-state index in [2.05, 4.69) is 45.6 Å². The van der Waals surface area contributed by atoms with Crippen LogP contribution in [-0.4, -0.2) is 26.0 Å².